The summed E-state index contributed by atoms with van der Waals surface area (Å²) in [6.07, 6.45) is 2.15. The van der Waals surface area contributed by atoms with E-state index in [2.05, 4.69) is 53.4 Å². The maximum absolute atomic E-state index is 14.7. The van der Waals surface area contributed by atoms with E-state index in [1.807, 2.05) is 12.1 Å². The average Bonchev–Trinajstić information content (AvgIpc) is 3.33. The van der Waals surface area contributed by atoms with E-state index in [4.69, 9.17) is 0 Å². The van der Waals surface area contributed by atoms with Gasteiger partial charge < -0.3 is 0 Å². The van der Waals surface area contributed by atoms with Gasteiger partial charge in [0.1, 0.15) is 5.67 Å². The van der Waals surface area contributed by atoms with Crippen molar-refractivity contribution < 1.29 is 4.39 Å². The van der Waals surface area contributed by atoms with E-state index in [0.717, 1.165) is 12.8 Å². The third kappa shape index (κ3) is 2.38. The lowest BCUT2D eigenvalue weighted by atomic mass is 9.85. The number of alkyl halides is 1. The number of nitrogens with zero attached hydrogens (tertiary/aromatic N) is 1. The van der Waals surface area contributed by atoms with Crippen LogP contribution in [-0.4, -0.2) is 23.7 Å². The Kier molecular flexibility index (Phi) is 3.07. The molecule has 1 aliphatic carbocycles. The summed E-state index contributed by atoms with van der Waals surface area (Å²) in [5, 5.41) is 0. The van der Waals surface area contributed by atoms with Crippen LogP contribution in [0.15, 0.2) is 60.7 Å². The lowest BCUT2D eigenvalue weighted by Crippen LogP contribution is -2.61. The molecule has 2 aromatic carbocycles. The van der Waals surface area contributed by atoms with E-state index < -0.39 is 5.67 Å². The molecule has 2 aromatic rings. The Morgan fingerprint density at radius 3 is 1.76 bits per heavy atom. The highest BCUT2D eigenvalue weighted by Crippen LogP contribution is 2.50. The summed E-state index contributed by atoms with van der Waals surface area (Å²) in [6.45, 7) is 1.15. The van der Waals surface area contributed by atoms with Gasteiger partial charge in [0.05, 0.1) is 6.04 Å². The molecule has 21 heavy (non-hydrogen) atoms. The van der Waals surface area contributed by atoms with E-state index in [1.165, 1.54) is 11.1 Å². The predicted octanol–water partition coefficient (Wildman–Crippen LogP) is 4.21. The fourth-order valence-electron chi connectivity index (χ4n) is 3.56. The molecule has 2 fully saturated rings. The minimum Gasteiger partial charge on any atom is -0.286 e. The van der Waals surface area contributed by atoms with Gasteiger partial charge in [-0.1, -0.05) is 60.7 Å². The van der Waals surface area contributed by atoms with Gasteiger partial charge in [0, 0.05) is 13.1 Å². The molecule has 2 aliphatic rings. The van der Waals surface area contributed by atoms with E-state index in [0.29, 0.717) is 19.0 Å². The molecule has 2 heteroatoms. The van der Waals surface area contributed by atoms with Crippen molar-refractivity contribution in [1.82, 2.24) is 4.90 Å². The molecule has 0 bridgehead atoms. The van der Waals surface area contributed by atoms with E-state index in [9.17, 15) is 4.39 Å². The molecule has 0 atom stereocenters. The van der Waals surface area contributed by atoms with E-state index >= 15 is 0 Å². The maximum Gasteiger partial charge on any atom is 0.139 e. The molecule has 108 valence electrons. The molecule has 0 aromatic heterocycles. The first-order valence-corrected chi connectivity index (χ1v) is 7.79. The second-order valence-electron chi connectivity index (χ2n) is 6.44. The number of likely N-dealkylation sites (tertiary alicyclic amines) is 1. The second-order valence-corrected chi connectivity index (χ2v) is 6.44. The smallest absolute Gasteiger partial charge is 0.139 e. The molecule has 1 aliphatic heterocycles. The summed E-state index contributed by atoms with van der Waals surface area (Å²) in [7, 11) is 0. The Labute approximate surface area is 125 Å². The highest BCUT2D eigenvalue weighted by Gasteiger charge is 2.55. The molecular formula is C19H20FN. The first-order chi connectivity index (χ1) is 10.3. The number of halogens is 1. The van der Waals surface area contributed by atoms with Crippen molar-refractivity contribution in [1.29, 1.82) is 0 Å². The quantitative estimate of drug-likeness (QED) is 0.811. The fraction of sp³-hybridized carbons (Fsp3) is 0.368. The molecular weight excluding hydrogens is 261 g/mol. The first kappa shape index (κ1) is 13.0. The van der Waals surface area contributed by atoms with Crippen LogP contribution >= 0.6 is 0 Å². The molecule has 0 radical (unpaired) electrons. The van der Waals surface area contributed by atoms with Gasteiger partial charge in [-0.25, -0.2) is 4.39 Å². The summed E-state index contributed by atoms with van der Waals surface area (Å²) < 4.78 is 14.7. The van der Waals surface area contributed by atoms with Crippen LogP contribution in [0.1, 0.15) is 30.0 Å². The van der Waals surface area contributed by atoms with Crippen LogP contribution in [0, 0.1) is 5.92 Å². The van der Waals surface area contributed by atoms with E-state index in [-0.39, 0.29) is 6.04 Å². The third-order valence-electron chi connectivity index (χ3n) is 4.84. The Hall–Kier alpha value is -1.67. The van der Waals surface area contributed by atoms with Gasteiger partial charge in [-0.2, -0.15) is 0 Å². The van der Waals surface area contributed by atoms with Crippen molar-refractivity contribution in [2.75, 3.05) is 13.1 Å². The van der Waals surface area contributed by atoms with Crippen molar-refractivity contribution >= 4 is 0 Å². The number of hydrogen-bond acceptors (Lipinski definition) is 1. The number of rotatable bonds is 4. The lowest BCUT2D eigenvalue weighted by Gasteiger charge is -2.49. The zero-order valence-electron chi connectivity index (χ0n) is 12.1. The minimum atomic E-state index is -0.929. The van der Waals surface area contributed by atoms with Crippen LogP contribution in [-0.2, 0) is 0 Å². The minimum absolute atomic E-state index is 0.176. The molecule has 0 N–H and O–H groups in total. The van der Waals surface area contributed by atoms with Gasteiger partial charge in [0.15, 0.2) is 0 Å². The zero-order valence-corrected chi connectivity index (χ0v) is 12.1. The molecule has 0 spiro atoms. The van der Waals surface area contributed by atoms with Gasteiger partial charge in [-0.05, 0) is 29.9 Å². The largest absolute Gasteiger partial charge is 0.286 e. The normalized spacial score (nSPS) is 21.2. The zero-order chi connectivity index (χ0) is 14.3. The number of hydrogen-bond donors (Lipinski definition) is 0. The second kappa shape index (κ2) is 4.96. The summed E-state index contributed by atoms with van der Waals surface area (Å²) in [5.74, 6) is 0.320. The highest BCUT2D eigenvalue weighted by molar-refractivity contribution is 5.33. The molecule has 0 amide bonds. The van der Waals surface area contributed by atoms with Gasteiger partial charge in [-0.15, -0.1) is 0 Å². The standard InChI is InChI=1S/C19H20FN/c20-19(17-11-12-17)13-21(14-19)18(15-7-3-1-4-8-15)16-9-5-2-6-10-16/h1-10,17-18H,11-14H2. The Balaban J connectivity index is 1.62. The molecule has 1 saturated heterocycles. The van der Waals surface area contributed by atoms with Crippen molar-refractivity contribution in [2.24, 2.45) is 5.92 Å². The van der Waals surface area contributed by atoms with Crippen molar-refractivity contribution in [2.45, 2.75) is 24.6 Å². The summed E-state index contributed by atoms with van der Waals surface area (Å²) in [4.78, 5) is 2.28. The molecule has 1 nitrogen and oxygen atoms in total. The van der Waals surface area contributed by atoms with Gasteiger partial charge >= 0.3 is 0 Å². The lowest BCUT2D eigenvalue weighted by molar-refractivity contribution is -0.0645. The van der Waals surface area contributed by atoms with Gasteiger partial charge in [-0.3, -0.25) is 4.90 Å². The topological polar surface area (TPSA) is 3.24 Å². The molecule has 0 unspecified atom stereocenters. The van der Waals surface area contributed by atoms with Crippen LogP contribution in [0.2, 0.25) is 0 Å². The van der Waals surface area contributed by atoms with Crippen LogP contribution in [0.25, 0.3) is 0 Å². The maximum atomic E-state index is 14.7. The molecule has 1 saturated carbocycles. The Morgan fingerprint density at radius 1 is 0.857 bits per heavy atom. The first-order valence-electron chi connectivity index (χ1n) is 7.79. The monoisotopic (exact) mass is 281 g/mol. The summed E-state index contributed by atoms with van der Waals surface area (Å²) in [5.41, 5.74) is 1.57. The summed E-state index contributed by atoms with van der Waals surface area (Å²) in [6, 6.07) is 21.1. The highest BCUT2D eigenvalue weighted by atomic mass is 19.1. The fourth-order valence-corrected chi connectivity index (χ4v) is 3.56. The molecule has 1 heterocycles. The Bertz CT molecular complexity index is 560. The summed E-state index contributed by atoms with van der Waals surface area (Å²) >= 11 is 0. The van der Waals surface area contributed by atoms with E-state index in [1.54, 1.807) is 0 Å². The van der Waals surface area contributed by atoms with Crippen molar-refractivity contribution in [3.8, 4) is 0 Å². The predicted molar refractivity (Wildman–Crippen MR) is 82.9 cm³/mol. The third-order valence-corrected chi connectivity index (χ3v) is 4.84. The number of benzene rings is 2. The van der Waals surface area contributed by atoms with Crippen LogP contribution in [0.3, 0.4) is 0 Å². The van der Waals surface area contributed by atoms with Crippen molar-refractivity contribution in [3.05, 3.63) is 71.8 Å². The van der Waals surface area contributed by atoms with Crippen LogP contribution in [0.4, 0.5) is 4.39 Å². The average molecular weight is 281 g/mol. The van der Waals surface area contributed by atoms with Gasteiger partial charge in [0.25, 0.3) is 0 Å². The van der Waals surface area contributed by atoms with Crippen molar-refractivity contribution in [3.63, 3.8) is 0 Å². The molecule has 4 rings (SSSR count). The SMILES string of the molecule is FC1(C2CC2)CN(C(c2ccccc2)c2ccccc2)C1. The van der Waals surface area contributed by atoms with Crippen LogP contribution < -0.4 is 0 Å². The Morgan fingerprint density at radius 2 is 1.33 bits per heavy atom. The van der Waals surface area contributed by atoms with Gasteiger partial charge in [0.2, 0.25) is 0 Å². The van der Waals surface area contributed by atoms with Crippen LogP contribution in [0.5, 0.6) is 0 Å².